The van der Waals surface area contributed by atoms with Crippen LogP contribution in [0.5, 0.6) is 0 Å². The summed E-state index contributed by atoms with van der Waals surface area (Å²) in [6, 6.07) is 0. The second-order valence-electron chi connectivity index (χ2n) is 5.77. The second kappa shape index (κ2) is 4.63. The summed E-state index contributed by atoms with van der Waals surface area (Å²) in [5.74, 6) is -0.491. The van der Waals surface area contributed by atoms with Crippen LogP contribution < -0.4 is 0 Å². The molecule has 0 aromatic rings. The molecule has 1 unspecified atom stereocenters. The summed E-state index contributed by atoms with van der Waals surface area (Å²) in [5.41, 5.74) is -0.810. The zero-order valence-electron chi connectivity index (χ0n) is 11.6. The van der Waals surface area contributed by atoms with Gasteiger partial charge in [-0.25, -0.2) is 9.59 Å². The standard InChI is InChI=1S/C13H21NO4/c1-6-9-7-13(5,14(8-9)11(16)17)10(15)18-12(2,3)4/h6H,7-8H2,1-5H3,(H,16,17). The first-order chi connectivity index (χ1) is 8.10. The molecule has 1 amide bonds. The van der Waals surface area contributed by atoms with E-state index in [4.69, 9.17) is 4.74 Å². The van der Waals surface area contributed by atoms with Crippen LogP contribution in [-0.4, -0.2) is 39.8 Å². The largest absolute Gasteiger partial charge is 0.465 e. The molecule has 1 saturated heterocycles. The van der Waals surface area contributed by atoms with Gasteiger partial charge in [0, 0.05) is 13.0 Å². The lowest BCUT2D eigenvalue weighted by Crippen LogP contribution is -2.52. The normalized spacial score (nSPS) is 26.5. The Morgan fingerprint density at radius 1 is 1.44 bits per heavy atom. The average molecular weight is 255 g/mol. The van der Waals surface area contributed by atoms with Gasteiger partial charge in [-0.15, -0.1) is 0 Å². The van der Waals surface area contributed by atoms with E-state index in [1.54, 1.807) is 27.7 Å². The fourth-order valence-electron chi connectivity index (χ4n) is 2.01. The highest BCUT2D eigenvalue weighted by molar-refractivity contribution is 5.87. The van der Waals surface area contributed by atoms with E-state index >= 15 is 0 Å². The number of carboxylic acid groups (broad SMARTS) is 1. The Morgan fingerprint density at radius 2 is 2.00 bits per heavy atom. The van der Waals surface area contributed by atoms with E-state index in [2.05, 4.69) is 0 Å². The van der Waals surface area contributed by atoms with Crippen molar-refractivity contribution in [2.75, 3.05) is 6.54 Å². The average Bonchev–Trinajstić information content (AvgIpc) is 2.54. The van der Waals surface area contributed by atoms with Crippen molar-refractivity contribution in [3.63, 3.8) is 0 Å². The maximum Gasteiger partial charge on any atom is 0.408 e. The van der Waals surface area contributed by atoms with Crippen LogP contribution in [0.3, 0.4) is 0 Å². The highest BCUT2D eigenvalue weighted by Crippen LogP contribution is 2.34. The quantitative estimate of drug-likeness (QED) is 0.577. The van der Waals surface area contributed by atoms with Crippen molar-refractivity contribution in [1.82, 2.24) is 4.90 Å². The molecular weight excluding hydrogens is 234 g/mol. The number of nitrogens with zero attached hydrogens (tertiary/aromatic N) is 1. The van der Waals surface area contributed by atoms with Crippen LogP contribution in [0.1, 0.15) is 41.0 Å². The molecule has 0 aromatic carbocycles. The molecule has 1 N–H and O–H groups in total. The topological polar surface area (TPSA) is 66.8 Å². The van der Waals surface area contributed by atoms with Gasteiger partial charge in [-0.05, 0) is 34.6 Å². The maximum atomic E-state index is 12.2. The third-order valence-electron chi connectivity index (χ3n) is 3.01. The van der Waals surface area contributed by atoms with Gasteiger partial charge < -0.3 is 9.84 Å². The number of amides is 1. The second-order valence-corrected chi connectivity index (χ2v) is 5.77. The van der Waals surface area contributed by atoms with Crippen LogP contribution in [0.25, 0.3) is 0 Å². The summed E-state index contributed by atoms with van der Waals surface area (Å²) in [4.78, 5) is 24.6. The molecule has 1 aliphatic rings. The number of carbonyl (C=O) groups excluding carboxylic acids is 1. The molecule has 0 aromatic heterocycles. The fourth-order valence-corrected chi connectivity index (χ4v) is 2.01. The predicted octanol–water partition coefficient (Wildman–Crippen LogP) is 2.42. The Kier molecular flexibility index (Phi) is 3.74. The molecule has 1 aliphatic heterocycles. The van der Waals surface area contributed by atoms with Gasteiger partial charge in [0.1, 0.15) is 11.1 Å². The SMILES string of the molecule is CC=C1CN(C(=O)O)C(C)(C(=O)OC(C)(C)C)C1. The lowest BCUT2D eigenvalue weighted by molar-refractivity contribution is -0.166. The van der Waals surface area contributed by atoms with Crippen molar-refractivity contribution in [3.05, 3.63) is 11.6 Å². The zero-order chi connectivity index (χ0) is 14.1. The van der Waals surface area contributed by atoms with Gasteiger partial charge in [0.05, 0.1) is 0 Å². The number of hydrogen-bond donors (Lipinski definition) is 1. The van der Waals surface area contributed by atoms with Crippen molar-refractivity contribution in [3.8, 4) is 0 Å². The predicted molar refractivity (Wildman–Crippen MR) is 67.4 cm³/mol. The van der Waals surface area contributed by atoms with Gasteiger partial charge in [0.25, 0.3) is 0 Å². The minimum atomic E-state index is -1.12. The Balaban J connectivity index is 3.01. The van der Waals surface area contributed by atoms with E-state index < -0.39 is 23.2 Å². The highest BCUT2D eigenvalue weighted by Gasteiger charge is 2.50. The van der Waals surface area contributed by atoms with E-state index in [1.807, 2.05) is 13.0 Å². The molecule has 0 bridgehead atoms. The molecular formula is C13H21NO4. The number of rotatable bonds is 1. The highest BCUT2D eigenvalue weighted by atomic mass is 16.6. The Hall–Kier alpha value is -1.52. The van der Waals surface area contributed by atoms with Crippen LogP contribution in [0.2, 0.25) is 0 Å². The molecule has 0 aliphatic carbocycles. The third kappa shape index (κ3) is 2.83. The molecule has 1 atom stereocenters. The van der Waals surface area contributed by atoms with E-state index in [1.165, 1.54) is 0 Å². The summed E-state index contributed by atoms with van der Waals surface area (Å²) in [7, 11) is 0. The molecule has 1 rings (SSSR count). The molecule has 0 saturated carbocycles. The molecule has 5 heteroatoms. The minimum absolute atomic E-state index is 0.265. The number of carbonyl (C=O) groups is 2. The Bertz CT molecular complexity index is 394. The molecule has 102 valence electrons. The lowest BCUT2D eigenvalue weighted by atomic mass is 9.97. The van der Waals surface area contributed by atoms with Crippen molar-refractivity contribution in [2.45, 2.75) is 52.2 Å². The van der Waals surface area contributed by atoms with Gasteiger partial charge in [-0.1, -0.05) is 11.6 Å². The van der Waals surface area contributed by atoms with Gasteiger partial charge >= 0.3 is 12.1 Å². The number of esters is 1. The van der Waals surface area contributed by atoms with E-state index in [0.717, 1.165) is 10.5 Å². The summed E-state index contributed by atoms with van der Waals surface area (Å²) >= 11 is 0. The summed E-state index contributed by atoms with van der Waals surface area (Å²) < 4.78 is 5.33. The first kappa shape index (κ1) is 14.5. The van der Waals surface area contributed by atoms with E-state index in [-0.39, 0.29) is 6.54 Å². The molecule has 0 radical (unpaired) electrons. The number of likely N-dealkylation sites (tertiary alicyclic amines) is 1. The molecule has 1 fully saturated rings. The summed E-state index contributed by atoms with van der Waals surface area (Å²) in [6.07, 6.45) is 1.15. The minimum Gasteiger partial charge on any atom is -0.465 e. The van der Waals surface area contributed by atoms with Gasteiger partial charge in [0.15, 0.2) is 0 Å². The Labute approximate surface area is 107 Å². The van der Waals surface area contributed by atoms with E-state index in [9.17, 15) is 14.7 Å². The molecule has 1 heterocycles. The van der Waals surface area contributed by atoms with Crippen LogP contribution >= 0.6 is 0 Å². The summed E-state index contributed by atoms with van der Waals surface area (Å²) in [6.45, 7) is 9.03. The fraction of sp³-hybridized carbons (Fsp3) is 0.692. The van der Waals surface area contributed by atoms with Gasteiger partial charge in [-0.2, -0.15) is 0 Å². The molecule has 0 spiro atoms. The molecule has 5 nitrogen and oxygen atoms in total. The van der Waals surface area contributed by atoms with Crippen molar-refractivity contribution >= 4 is 12.1 Å². The number of hydrogen-bond acceptors (Lipinski definition) is 3. The number of ether oxygens (including phenoxy) is 1. The van der Waals surface area contributed by atoms with Gasteiger partial charge in [0.2, 0.25) is 0 Å². The Morgan fingerprint density at radius 3 is 2.39 bits per heavy atom. The molecule has 18 heavy (non-hydrogen) atoms. The number of allylic oxidation sites excluding steroid dienone is 1. The van der Waals surface area contributed by atoms with Gasteiger partial charge in [-0.3, -0.25) is 4.90 Å². The maximum absolute atomic E-state index is 12.2. The first-order valence-corrected chi connectivity index (χ1v) is 5.98. The van der Waals surface area contributed by atoms with Crippen LogP contribution in [0.4, 0.5) is 4.79 Å². The van der Waals surface area contributed by atoms with E-state index in [0.29, 0.717) is 6.42 Å². The third-order valence-corrected chi connectivity index (χ3v) is 3.01. The summed E-state index contributed by atoms with van der Waals surface area (Å²) in [5, 5.41) is 9.20. The van der Waals surface area contributed by atoms with Crippen LogP contribution in [0, 0.1) is 0 Å². The van der Waals surface area contributed by atoms with Crippen molar-refractivity contribution in [2.24, 2.45) is 0 Å². The zero-order valence-corrected chi connectivity index (χ0v) is 11.6. The van der Waals surface area contributed by atoms with Crippen molar-refractivity contribution < 1.29 is 19.4 Å². The first-order valence-electron chi connectivity index (χ1n) is 5.98. The van der Waals surface area contributed by atoms with Crippen LogP contribution in [-0.2, 0) is 9.53 Å². The lowest BCUT2D eigenvalue weighted by Gasteiger charge is -2.33. The monoisotopic (exact) mass is 255 g/mol. The smallest absolute Gasteiger partial charge is 0.408 e. The van der Waals surface area contributed by atoms with Crippen molar-refractivity contribution in [1.29, 1.82) is 0 Å². The van der Waals surface area contributed by atoms with Crippen LogP contribution in [0.15, 0.2) is 11.6 Å².